The van der Waals surface area contributed by atoms with Gasteiger partial charge in [0.2, 0.25) is 0 Å². The summed E-state index contributed by atoms with van der Waals surface area (Å²) in [4.78, 5) is 21.3. The third-order valence-corrected chi connectivity index (χ3v) is 6.22. The van der Waals surface area contributed by atoms with Gasteiger partial charge in [0.15, 0.2) is 0 Å². The quantitative estimate of drug-likeness (QED) is 0.868. The van der Waals surface area contributed by atoms with Crippen LogP contribution in [0.3, 0.4) is 0 Å². The number of pyridine rings is 1. The number of hydrogen-bond acceptors (Lipinski definition) is 4. The highest BCUT2D eigenvalue weighted by Crippen LogP contribution is 2.27. The van der Waals surface area contributed by atoms with Crippen molar-refractivity contribution in [1.82, 2.24) is 14.8 Å². The molecule has 0 radical (unpaired) electrons. The van der Waals surface area contributed by atoms with Crippen LogP contribution in [0.2, 0.25) is 0 Å². The smallest absolute Gasteiger partial charge is 0.255 e. The van der Waals surface area contributed by atoms with Crippen molar-refractivity contribution in [2.45, 2.75) is 38.3 Å². The van der Waals surface area contributed by atoms with E-state index in [4.69, 9.17) is 0 Å². The molecule has 28 heavy (non-hydrogen) atoms. The Labute approximate surface area is 167 Å². The maximum atomic E-state index is 12.6. The minimum Gasteiger partial charge on any atom is -0.392 e. The van der Waals surface area contributed by atoms with Gasteiger partial charge >= 0.3 is 0 Å². The summed E-state index contributed by atoms with van der Waals surface area (Å²) >= 11 is 0. The van der Waals surface area contributed by atoms with Gasteiger partial charge in [-0.25, -0.2) is 0 Å². The van der Waals surface area contributed by atoms with Crippen molar-refractivity contribution in [3.8, 4) is 0 Å². The van der Waals surface area contributed by atoms with Crippen LogP contribution >= 0.6 is 0 Å². The second-order valence-corrected chi connectivity index (χ2v) is 8.09. The van der Waals surface area contributed by atoms with E-state index < -0.39 is 0 Å². The molecule has 2 aromatic rings. The number of nitrogens with zero attached hydrogens (tertiary/aromatic N) is 3. The molecular formula is C23H29N3O2. The van der Waals surface area contributed by atoms with E-state index in [0.29, 0.717) is 17.5 Å². The van der Waals surface area contributed by atoms with Gasteiger partial charge < -0.3 is 10.0 Å². The van der Waals surface area contributed by atoms with Crippen LogP contribution < -0.4 is 0 Å². The molecule has 4 rings (SSSR count). The lowest BCUT2D eigenvalue weighted by molar-refractivity contribution is 0.0640. The number of aromatic nitrogens is 1. The number of piperidine rings is 1. The average Bonchev–Trinajstić information content (AvgIpc) is 3.23. The van der Waals surface area contributed by atoms with E-state index in [1.54, 1.807) is 12.4 Å². The van der Waals surface area contributed by atoms with Crippen LogP contribution in [0, 0.1) is 5.92 Å². The standard InChI is InChI=1S/C23H29N3O2/c27-17-19-5-3-18(4-6-19)14-20-7-11-26(16-20)22-8-12-25(13-9-22)23(28)21-2-1-10-24-15-21/h1-6,10,15,20,22,27H,7-9,11-14,16-17H2. The lowest BCUT2D eigenvalue weighted by atomic mass is 9.97. The van der Waals surface area contributed by atoms with E-state index in [9.17, 15) is 9.90 Å². The van der Waals surface area contributed by atoms with Gasteiger partial charge in [-0.05, 0) is 61.4 Å². The molecule has 5 nitrogen and oxygen atoms in total. The largest absolute Gasteiger partial charge is 0.392 e. The normalized spacial score (nSPS) is 21.2. The molecule has 2 aliphatic heterocycles. The highest BCUT2D eigenvalue weighted by Gasteiger charge is 2.32. The summed E-state index contributed by atoms with van der Waals surface area (Å²) in [7, 11) is 0. The molecule has 1 amide bonds. The fourth-order valence-electron chi connectivity index (χ4n) is 4.58. The fourth-order valence-corrected chi connectivity index (χ4v) is 4.58. The molecule has 0 aliphatic carbocycles. The van der Waals surface area contributed by atoms with E-state index in [1.807, 2.05) is 29.2 Å². The zero-order valence-corrected chi connectivity index (χ0v) is 16.3. The number of carbonyl (C=O) groups is 1. The summed E-state index contributed by atoms with van der Waals surface area (Å²) in [6.07, 6.45) is 7.84. The molecule has 0 saturated carbocycles. The van der Waals surface area contributed by atoms with Crippen molar-refractivity contribution in [2.24, 2.45) is 5.92 Å². The van der Waals surface area contributed by atoms with Gasteiger partial charge in [0, 0.05) is 38.1 Å². The van der Waals surface area contributed by atoms with Crippen LogP contribution in [0.15, 0.2) is 48.8 Å². The molecular weight excluding hydrogens is 350 g/mol. The number of aliphatic hydroxyl groups is 1. The van der Waals surface area contributed by atoms with Crippen molar-refractivity contribution in [3.63, 3.8) is 0 Å². The highest BCUT2D eigenvalue weighted by atomic mass is 16.3. The molecule has 1 unspecified atom stereocenters. The number of rotatable bonds is 5. The van der Waals surface area contributed by atoms with E-state index in [-0.39, 0.29) is 12.5 Å². The van der Waals surface area contributed by atoms with Gasteiger partial charge in [-0.15, -0.1) is 0 Å². The van der Waals surface area contributed by atoms with E-state index in [1.165, 1.54) is 18.5 Å². The van der Waals surface area contributed by atoms with Crippen molar-refractivity contribution in [2.75, 3.05) is 26.2 Å². The van der Waals surface area contributed by atoms with Crippen molar-refractivity contribution in [3.05, 3.63) is 65.5 Å². The molecule has 0 spiro atoms. The lowest BCUT2D eigenvalue weighted by Gasteiger charge is -2.36. The molecule has 2 fully saturated rings. The van der Waals surface area contributed by atoms with Crippen LogP contribution in [0.5, 0.6) is 0 Å². The summed E-state index contributed by atoms with van der Waals surface area (Å²) in [6.45, 7) is 4.10. The van der Waals surface area contributed by atoms with Crippen LogP contribution in [0.1, 0.15) is 40.7 Å². The topological polar surface area (TPSA) is 56.7 Å². The van der Waals surface area contributed by atoms with Crippen LogP contribution in [-0.4, -0.2) is 58.0 Å². The van der Waals surface area contributed by atoms with Gasteiger partial charge in [-0.1, -0.05) is 24.3 Å². The van der Waals surface area contributed by atoms with E-state index in [2.05, 4.69) is 22.0 Å². The number of likely N-dealkylation sites (tertiary alicyclic amines) is 2. The first-order valence-corrected chi connectivity index (χ1v) is 10.3. The average molecular weight is 380 g/mol. The summed E-state index contributed by atoms with van der Waals surface area (Å²) in [5.41, 5.74) is 3.03. The fraction of sp³-hybridized carbons (Fsp3) is 0.478. The Kier molecular flexibility index (Phi) is 6.03. The van der Waals surface area contributed by atoms with Crippen LogP contribution in [0.25, 0.3) is 0 Å². The Bertz CT molecular complexity index is 770. The number of aliphatic hydroxyl groups excluding tert-OH is 1. The summed E-state index contributed by atoms with van der Waals surface area (Å²) < 4.78 is 0. The first-order valence-electron chi connectivity index (χ1n) is 10.3. The Morgan fingerprint density at radius 3 is 2.46 bits per heavy atom. The third kappa shape index (κ3) is 4.42. The second kappa shape index (κ2) is 8.84. The number of hydrogen-bond donors (Lipinski definition) is 1. The van der Waals surface area contributed by atoms with E-state index in [0.717, 1.165) is 44.5 Å². The zero-order chi connectivity index (χ0) is 19.3. The minimum absolute atomic E-state index is 0.108. The molecule has 2 aliphatic rings. The van der Waals surface area contributed by atoms with Gasteiger partial charge in [-0.3, -0.25) is 14.7 Å². The highest BCUT2D eigenvalue weighted by molar-refractivity contribution is 5.93. The molecule has 3 heterocycles. The first kappa shape index (κ1) is 19.1. The maximum Gasteiger partial charge on any atom is 0.255 e. The monoisotopic (exact) mass is 379 g/mol. The van der Waals surface area contributed by atoms with Crippen LogP contribution in [-0.2, 0) is 13.0 Å². The minimum atomic E-state index is 0.108. The third-order valence-electron chi connectivity index (χ3n) is 6.22. The summed E-state index contributed by atoms with van der Waals surface area (Å²) in [5.74, 6) is 0.812. The van der Waals surface area contributed by atoms with E-state index >= 15 is 0 Å². The number of amides is 1. The first-order chi connectivity index (χ1) is 13.7. The lowest BCUT2D eigenvalue weighted by Crippen LogP contribution is -2.46. The van der Waals surface area contributed by atoms with Gasteiger partial charge in [0.25, 0.3) is 5.91 Å². The molecule has 148 valence electrons. The van der Waals surface area contributed by atoms with Crippen molar-refractivity contribution in [1.29, 1.82) is 0 Å². The maximum absolute atomic E-state index is 12.6. The van der Waals surface area contributed by atoms with Gasteiger partial charge in [-0.2, -0.15) is 0 Å². The Hall–Kier alpha value is -2.24. The predicted octanol–water partition coefficient (Wildman–Crippen LogP) is 2.74. The molecule has 1 atom stereocenters. The van der Waals surface area contributed by atoms with Crippen molar-refractivity contribution < 1.29 is 9.90 Å². The Balaban J connectivity index is 1.26. The second-order valence-electron chi connectivity index (χ2n) is 8.09. The molecule has 2 saturated heterocycles. The Morgan fingerprint density at radius 2 is 1.79 bits per heavy atom. The summed E-state index contributed by atoms with van der Waals surface area (Å²) in [5, 5.41) is 9.18. The van der Waals surface area contributed by atoms with Crippen molar-refractivity contribution >= 4 is 5.91 Å². The number of carbonyl (C=O) groups excluding carboxylic acids is 1. The van der Waals surface area contributed by atoms with Gasteiger partial charge in [0.1, 0.15) is 0 Å². The van der Waals surface area contributed by atoms with Crippen LogP contribution in [0.4, 0.5) is 0 Å². The Morgan fingerprint density at radius 1 is 1.04 bits per heavy atom. The predicted molar refractivity (Wildman–Crippen MR) is 109 cm³/mol. The molecule has 1 aromatic heterocycles. The molecule has 1 aromatic carbocycles. The molecule has 5 heteroatoms. The zero-order valence-electron chi connectivity index (χ0n) is 16.3. The van der Waals surface area contributed by atoms with Gasteiger partial charge in [0.05, 0.1) is 12.2 Å². The SMILES string of the molecule is O=C(c1cccnc1)N1CCC(N2CCC(Cc3ccc(CO)cc3)C2)CC1. The molecule has 1 N–H and O–H groups in total. The summed E-state index contributed by atoms with van der Waals surface area (Å²) in [6, 6.07) is 12.6. The molecule has 0 bridgehead atoms. The number of benzene rings is 1.